The molecule has 0 heterocycles. The number of quaternary nitrogens is 1. The zero-order chi connectivity index (χ0) is 18.2. The van der Waals surface area contributed by atoms with Crippen LogP contribution in [0.3, 0.4) is 0 Å². The van der Waals surface area contributed by atoms with Crippen molar-refractivity contribution in [1.29, 1.82) is 0 Å². The van der Waals surface area contributed by atoms with Crippen molar-refractivity contribution in [3.63, 3.8) is 0 Å². The second-order valence-electron chi connectivity index (χ2n) is 6.28. The molecule has 0 fully saturated rings. The van der Waals surface area contributed by atoms with Crippen molar-refractivity contribution >= 4 is 0 Å². The summed E-state index contributed by atoms with van der Waals surface area (Å²) in [5.41, 5.74) is 5.13. The van der Waals surface area contributed by atoms with Crippen molar-refractivity contribution in [1.82, 2.24) is 0 Å². The Hall–Kier alpha value is -2.78. The zero-order valence-corrected chi connectivity index (χ0v) is 15.4. The van der Waals surface area contributed by atoms with Crippen molar-refractivity contribution in [2.75, 3.05) is 20.8 Å². The molecule has 0 aliphatic carbocycles. The van der Waals surface area contributed by atoms with Crippen LogP contribution in [0.4, 0.5) is 0 Å². The van der Waals surface area contributed by atoms with Crippen molar-refractivity contribution in [2.45, 2.75) is 13.0 Å². The lowest BCUT2D eigenvalue weighted by Crippen LogP contribution is -2.83. The van der Waals surface area contributed by atoms with Gasteiger partial charge in [0, 0.05) is 12.0 Å². The Morgan fingerprint density at radius 3 is 2.04 bits per heavy atom. The summed E-state index contributed by atoms with van der Waals surface area (Å²) in [6, 6.07) is 25.4. The van der Waals surface area contributed by atoms with Gasteiger partial charge < -0.3 is 14.8 Å². The summed E-state index contributed by atoms with van der Waals surface area (Å²) in [6.07, 6.45) is 1.00. The van der Waals surface area contributed by atoms with Gasteiger partial charge in [0.1, 0.15) is 6.54 Å². The molecule has 0 aliphatic heterocycles. The van der Waals surface area contributed by atoms with Crippen LogP contribution in [0, 0.1) is 0 Å². The molecule has 0 aliphatic rings. The van der Waals surface area contributed by atoms with Gasteiger partial charge in [0.25, 0.3) is 0 Å². The molecule has 0 bridgehead atoms. The van der Waals surface area contributed by atoms with Crippen molar-refractivity contribution in [2.24, 2.45) is 0 Å². The van der Waals surface area contributed by atoms with Crippen LogP contribution in [-0.2, 0) is 13.0 Å². The van der Waals surface area contributed by atoms with E-state index in [1.54, 1.807) is 14.2 Å². The van der Waals surface area contributed by atoms with Gasteiger partial charge in [0.05, 0.1) is 20.8 Å². The van der Waals surface area contributed by atoms with Crippen molar-refractivity contribution < 1.29 is 14.8 Å². The Balaban J connectivity index is 1.49. The van der Waals surface area contributed by atoms with Crippen LogP contribution in [0.25, 0.3) is 11.1 Å². The van der Waals surface area contributed by atoms with E-state index in [1.165, 1.54) is 22.3 Å². The van der Waals surface area contributed by atoms with E-state index in [2.05, 4.69) is 66.0 Å². The molecule has 0 saturated heterocycles. The first kappa shape index (κ1) is 18.0. The molecule has 3 aromatic carbocycles. The minimum atomic E-state index is 0.777. The zero-order valence-electron chi connectivity index (χ0n) is 15.4. The van der Waals surface area contributed by atoms with E-state index in [0.29, 0.717) is 0 Å². The lowest BCUT2D eigenvalue weighted by atomic mass is 10.0. The predicted octanol–water partition coefficient (Wildman–Crippen LogP) is 3.68. The molecule has 0 radical (unpaired) electrons. The average molecular weight is 348 g/mol. The van der Waals surface area contributed by atoms with Crippen molar-refractivity contribution in [3.05, 3.63) is 83.9 Å². The first-order valence-electron chi connectivity index (χ1n) is 8.97. The second kappa shape index (κ2) is 9.07. The van der Waals surface area contributed by atoms with E-state index in [-0.39, 0.29) is 0 Å². The van der Waals surface area contributed by atoms with E-state index in [0.717, 1.165) is 31.0 Å². The Labute approximate surface area is 155 Å². The monoisotopic (exact) mass is 348 g/mol. The van der Waals surface area contributed by atoms with Gasteiger partial charge in [-0.3, -0.25) is 0 Å². The first-order chi connectivity index (χ1) is 12.8. The summed E-state index contributed by atoms with van der Waals surface area (Å²) in [6.45, 7) is 2.03. The van der Waals surface area contributed by atoms with Gasteiger partial charge in [-0.25, -0.2) is 0 Å². The second-order valence-corrected chi connectivity index (χ2v) is 6.28. The molecular formula is C23H26NO2+. The van der Waals surface area contributed by atoms with Gasteiger partial charge in [-0.15, -0.1) is 0 Å². The molecule has 0 aromatic heterocycles. The molecule has 0 saturated carbocycles. The number of rotatable bonds is 8. The maximum Gasteiger partial charge on any atom is 0.160 e. The van der Waals surface area contributed by atoms with E-state index >= 15 is 0 Å². The molecular weight excluding hydrogens is 322 g/mol. The van der Waals surface area contributed by atoms with Gasteiger partial charge in [-0.05, 0) is 28.8 Å². The highest BCUT2D eigenvalue weighted by molar-refractivity contribution is 5.63. The van der Waals surface area contributed by atoms with Crippen LogP contribution in [0.5, 0.6) is 11.5 Å². The lowest BCUT2D eigenvalue weighted by molar-refractivity contribution is -0.670. The van der Waals surface area contributed by atoms with Crippen LogP contribution in [0.1, 0.15) is 11.1 Å². The van der Waals surface area contributed by atoms with Gasteiger partial charge >= 0.3 is 0 Å². The summed E-state index contributed by atoms with van der Waals surface area (Å²) >= 11 is 0. The van der Waals surface area contributed by atoms with Crippen LogP contribution in [0.2, 0.25) is 0 Å². The molecule has 0 spiro atoms. The number of methoxy groups -OCH3 is 2. The fourth-order valence-electron chi connectivity index (χ4n) is 3.04. The van der Waals surface area contributed by atoms with Crippen LogP contribution in [0.15, 0.2) is 72.8 Å². The standard InChI is InChI=1S/C23H25NO2/c1-25-22-13-10-18(16-23(22)26-2)14-15-24-17-19-8-11-21(12-9-19)20-6-4-3-5-7-20/h3-13,16,24H,14-15,17H2,1-2H3/p+1. The number of hydrogen-bond acceptors (Lipinski definition) is 2. The normalized spacial score (nSPS) is 10.5. The predicted molar refractivity (Wildman–Crippen MR) is 106 cm³/mol. The maximum absolute atomic E-state index is 5.36. The molecule has 0 atom stereocenters. The Kier molecular flexibility index (Phi) is 6.29. The summed E-state index contributed by atoms with van der Waals surface area (Å²) < 4.78 is 10.6. The van der Waals surface area contributed by atoms with Gasteiger partial charge in [-0.1, -0.05) is 60.7 Å². The molecule has 26 heavy (non-hydrogen) atoms. The molecule has 0 unspecified atom stereocenters. The molecule has 134 valence electrons. The first-order valence-corrected chi connectivity index (χ1v) is 8.97. The summed E-state index contributed by atoms with van der Waals surface area (Å²) in [5.74, 6) is 1.57. The summed E-state index contributed by atoms with van der Waals surface area (Å²) in [4.78, 5) is 0. The van der Waals surface area contributed by atoms with E-state index in [1.807, 2.05) is 12.1 Å². The SMILES string of the molecule is COc1ccc(CC[NH2+]Cc2ccc(-c3ccccc3)cc2)cc1OC. The molecule has 3 rings (SSSR count). The highest BCUT2D eigenvalue weighted by Crippen LogP contribution is 2.27. The number of benzene rings is 3. The fraction of sp³-hybridized carbons (Fsp3) is 0.217. The number of ether oxygens (including phenoxy) is 2. The largest absolute Gasteiger partial charge is 0.493 e. The lowest BCUT2D eigenvalue weighted by Gasteiger charge is -2.09. The molecule has 0 amide bonds. The fourth-order valence-corrected chi connectivity index (χ4v) is 3.04. The third-order valence-electron chi connectivity index (χ3n) is 4.53. The maximum atomic E-state index is 5.36. The van der Waals surface area contributed by atoms with Crippen LogP contribution < -0.4 is 14.8 Å². The van der Waals surface area contributed by atoms with Gasteiger partial charge in [0.2, 0.25) is 0 Å². The molecule has 3 nitrogen and oxygen atoms in total. The minimum Gasteiger partial charge on any atom is -0.493 e. The van der Waals surface area contributed by atoms with Gasteiger partial charge in [-0.2, -0.15) is 0 Å². The van der Waals surface area contributed by atoms with Crippen LogP contribution >= 0.6 is 0 Å². The molecule has 2 N–H and O–H groups in total. The van der Waals surface area contributed by atoms with E-state index < -0.39 is 0 Å². The minimum absolute atomic E-state index is 0.777. The highest BCUT2D eigenvalue weighted by atomic mass is 16.5. The number of nitrogens with two attached hydrogens (primary N) is 1. The Morgan fingerprint density at radius 1 is 0.692 bits per heavy atom. The average Bonchev–Trinajstić information content (AvgIpc) is 2.72. The molecule has 3 heteroatoms. The van der Waals surface area contributed by atoms with Crippen molar-refractivity contribution in [3.8, 4) is 22.6 Å². The van der Waals surface area contributed by atoms with Gasteiger partial charge in [0.15, 0.2) is 11.5 Å². The summed E-state index contributed by atoms with van der Waals surface area (Å²) in [7, 11) is 3.33. The topological polar surface area (TPSA) is 35.1 Å². The third-order valence-corrected chi connectivity index (χ3v) is 4.53. The highest BCUT2D eigenvalue weighted by Gasteiger charge is 2.05. The summed E-state index contributed by atoms with van der Waals surface area (Å²) in [5, 5.41) is 2.34. The van der Waals surface area contributed by atoms with E-state index in [9.17, 15) is 0 Å². The molecule has 3 aromatic rings. The van der Waals surface area contributed by atoms with E-state index in [4.69, 9.17) is 9.47 Å². The quantitative estimate of drug-likeness (QED) is 0.630. The van der Waals surface area contributed by atoms with Crippen LogP contribution in [-0.4, -0.2) is 20.8 Å². The number of hydrogen-bond donors (Lipinski definition) is 1. The smallest absolute Gasteiger partial charge is 0.160 e. The Bertz CT molecular complexity index is 813. The Morgan fingerprint density at radius 2 is 1.35 bits per heavy atom. The third kappa shape index (κ3) is 4.64.